The smallest absolute Gasteiger partial charge is 0.254 e. The highest BCUT2D eigenvalue weighted by atomic mass is 19.1. The SMILES string of the molecule is COc1cc2c(cc1OC)C(c1ccccc1)N(C(=O)c1ccc(F)cc1)CC2. The molecule has 1 aliphatic rings. The number of methoxy groups -OCH3 is 2. The largest absolute Gasteiger partial charge is 0.493 e. The molecule has 1 amide bonds. The molecule has 4 nitrogen and oxygen atoms in total. The summed E-state index contributed by atoms with van der Waals surface area (Å²) in [4.78, 5) is 15.2. The minimum Gasteiger partial charge on any atom is -0.493 e. The second-order valence-corrected chi connectivity index (χ2v) is 6.97. The number of hydrogen-bond acceptors (Lipinski definition) is 3. The number of amides is 1. The van der Waals surface area contributed by atoms with Gasteiger partial charge in [-0.3, -0.25) is 4.79 Å². The molecule has 0 radical (unpaired) electrons. The topological polar surface area (TPSA) is 38.8 Å². The molecule has 3 aromatic carbocycles. The van der Waals surface area contributed by atoms with Crippen molar-refractivity contribution in [2.45, 2.75) is 12.5 Å². The lowest BCUT2D eigenvalue weighted by Crippen LogP contribution is -2.40. The van der Waals surface area contributed by atoms with Crippen LogP contribution in [0.5, 0.6) is 11.5 Å². The van der Waals surface area contributed by atoms with Crippen LogP contribution in [0.15, 0.2) is 66.7 Å². The summed E-state index contributed by atoms with van der Waals surface area (Å²) in [6.45, 7) is 0.554. The molecule has 148 valence electrons. The fourth-order valence-electron chi connectivity index (χ4n) is 3.92. The molecule has 1 aliphatic heterocycles. The summed E-state index contributed by atoms with van der Waals surface area (Å²) in [7, 11) is 3.22. The van der Waals surface area contributed by atoms with Crippen molar-refractivity contribution >= 4 is 5.91 Å². The van der Waals surface area contributed by atoms with E-state index >= 15 is 0 Å². The fraction of sp³-hybridized carbons (Fsp3) is 0.208. The van der Waals surface area contributed by atoms with Crippen LogP contribution in [-0.2, 0) is 6.42 Å². The Morgan fingerprint density at radius 3 is 2.28 bits per heavy atom. The highest BCUT2D eigenvalue weighted by Crippen LogP contribution is 2.41. The average Bonchev–Trinajstić information content (AvgIpc) is 2.77. The van der Waals surface area contributed by atoms with Gasteiger partial charge in [0, 0.05) is 12.1 Å². The average molecular weight is 391 g/mol. The second-order valence-electron chi connectivity index (χ2n) is 6.97. The van der Waals surface area contributed by atoms with Crippen LogP contribution in [0.25, 0.3) is 0 Å². The van der Waals surface area contributed by atoms with Crippen LogP contribution >= 0.6 is 0 Å². The first-order valence-electron chi connectivity index (χ1n) is 9.48. The summed E-state index contributed by atoms with van der Waals surface area (Å²) < 4.78 is 24.3. The number of fused-ring (bicyclic) bond motifs is 1. The van der Waals surface area contributed by atoms with E-state index in [9.17, 15) is 9.18 Å². The molecule has 0 saturated heterocycles. The maximum atomic E-state index is 13.3. The third-order valence-electron chi connectivity index (χ3n) is 5.34. The van der Waals surface area contributed by atoms with Crippen LogP contribution in [0.2, 0.25) is 0 Å². The molecule has 5 heteroatoms. The fourth-order valence-corrected chi connectivity index (χ4v) is 3.92. The monoisotopic (exact) mass is 391 g/mol. The van der Waals surface area contributed by atoms with Gasteiger partial charge < -0.3 is 14.4 Å². The van der Waals surface area contributed by atoms with Crippen molar-refractivity contribution in [1.29, 1.82) is 0 Å². The quantitative estimate of drug-likeness (QED) is 0.651. The molecule has 4 rings (SSSR count). The zero-order valence-electron chi connectivity index (χ0n) is 16.4. The van der Waals surface area contributed by atoms with Gasteiger partial charge in [-0.2, -0.15) is 0 Å². The van der Waals surface area contributed by atoms with E-state index in [4.69, 9.17) is 9.47 Å². The van der Waals surface area contributed by atoms with Gasteiger partial charge in [0.25, 0.3) is 5.91 Å². The predicted octanol–water partition coefficient (Wildman–Crippen LogP) is 4.63. The molecule has 1 heterocycles. The van der Waals surface area contributed by atoms with Gasteiger partial charge in [0.1, 0.15) is 5.82 Å². The van der Waals surface area contributed by atoms with Crippen molar-refractivity contribution in [3.05, 3.63) is 94.8 Å². The van der Waals surface area contributed by atoms with Gasteiger partial charge in [-0.05, 0) is 59.5 Å². The predicted molar refractivity (Wildman–Crippen MR) is 109 cm³/mol. The van der Waals surface area contributed by atoms with Gasteiger partial charge in [-0.25, -0.2) is 4.39 Å². The number of hydrogen-bond donors (Lipinski definition) is 0. The molecule has 0 aromatic heterocycles. The lowest BCUT2D eigenvalue weighted by Gasteiger charge is -2.38. The van der Waals surface area contributed by atoms with Crippen molar-refractivity contribution in [2.24, 2.45) is 0 Å². The van der Waals surface area contributed by atoms with E-state index in [0.29, 0.717) is 30.0 Å². The second kappa shape index (κ2) is 7.95. The van der Waals surface area contributed by atoms with E-state index in [1.54, 1.807) is 14.2 Å². The summed E-state index contributed by atoms with van der Waals surface area (Å²) in [6.07, 6.45) is 0.700. The standard InChI is InChI=1S/C24H22FNO3/c1-28-21-14-18-12-13-26(24(27)17-8-10-19(25)11-9-17)23(16-6-4-3-5-7-16)20(18)15-22(21)29-2/h3-11,14-15,23H,12-13H2,1-2H3. The Labute approximate surface area is 169 Å². The first-order chi connectivity index (χ1) is 14.1. The maximum Gasteiger partial charge on any atom is 0.254 e. The normalized spacial score (nSPS) is 15.6. The van der Waals surface area contributed by atoms with Crippen molar-refractivity contribution < 1.29 is 18.7 Å². The minimum atomic E-state index is -0.359. The summed E-state index contributed by atoms with van der Waals surface area (Å²) in [5.74, 6) is 0.820. The van der Waals surface area contributed by atoms with E-state index in [1.807, 2.05) is 47.4 Å². The van der Waals surface area contributed by atoms with E-state index in [0.717, 1.165) is 16.7 Å². The number of rotatable bonds is 4. The molecular formula is C24H22FNO3. The summed E-state index contributed by atoms with van der Waals surface area (Å²) in [5, 5.41) is 0. The number of halogens is 1. The molecule has 0 aliphatic carbocycles. The Balaban J connectivity index is 1.83. The van der Waals surface area contributed by atoms with Crippen LogP contribution in [0.1, 0.15) is 33.1 Å². The van der Waals surface area contributed by atoms with Gasteiger partial charge in [0.05, 0.1) is 20.3 Å². The first-order valence-corrected chi connectivity index (χ1v) is 9.48. The van der Waals surface area contributed by atoms with E-state index in [-0.39, 0.29) is 17.8 Å². The molecular weight excluding hydrogens is 369 g/mol. The molecule has 3 aromatic rings. The van der Waals surface area contributed by atoms with E-state index in [2.05, 4.69) is 0 Å². The molecule has 0 N–H and O–H groups in total. The Morgan fingerprint density at radius 1 is 0.966 bits per heavy atom. The zero-order valence-corrected chi connectivity index (χ0v) is 16.4. The number of benzene rings is 3. The Morgan fingerprint density at radius 2 is 1.62 bits per heavy atom. The molecule has 0 spiro atoms. The van der Waals surface area contributed by atoms with Crippen LogP contribution < -0.4 is 9.47 Å². The van der Waals surface area contributed by atoms with Gasteiger partial charge in [-0.1, -0.05) is 30.3 Å². The lowest BCUT2D eigenvalue weighted by atomic mass is 9.87. The van der Waals surface area contributed by atoms with Gasteiger partial charge in [0.15, 0.2) is 11.5 Å². The van der Waals surface area contributed by atoms with Crippen molar-refractivity contribution in [2.75, 3.05) is 20.8 Å². The summed E-state index contributed by atoms with van der Waals surface area (Å²) >= 11 is 0. The zero-order chi connectivity index (χ0) is 20.4. The molecule has 1 unspecified atom stereocenters. The number of carbonyl (C=O) groups is 1. The highest BCUT2D eigenvalue weighted by molar-refractivity contribution is 5.95. The molecule has 0 bridgehead atoms. The van der Waals surface area contributed by atoms with Gasteiger partial charge in [0.2, 0.25) is 0 Å². The molecule has 0 saturated carbocycles. The van der Waals surface area contributed by atoms with Crippen molar-refractivity contribution in [3.63, 3.8) is 0 Å². The summed E-state index contributed by atoms with van der Waals surface area (Å²) in [5.41, 5.74) is 3.61. The number of nitrogens with zero attached hydrogens (tertiary/aromatic N) is 1. The number of ether oxygens (including phenoxy) is 2. The van der Waals surface area contributed by atoms with Gasteiger partial charge >= 0.3 is 0 Å². The number of carbonyl (C=O) groups excluding carboxylic acids is 1. The highest BCUT2D eigenvalue weighted by Gasteiger charge is 2.33. The minimum absolute atomic E-state index is 0.126. The van der Waals surface area contributed by atoms with Crippen LogP contribution in [-0.4, -0.2) is 31.6 Å². The van der Waals surface area contributed by atoms with Crippen LogP contribution in [0.4, 0.5) is 4.39 Å². The molecule has 0 fully saturated rings. The van der Waals surface area contributed by atoms with Crippen molar-refractivity contribution in [3.8, 4) is 11.5 Å². The summed E-state index contributed by atoms with van der Waals surface area (Å²) in [6, 6.07) is 19.3. The van der Waals surface area contributed by atoms with Crippen LogP contribution in [0.3, 0.4) is 0 Å². The lowest BCUT2D eigenvalue weighted by molar-refractivity contribution is 0.0694. The Hall–Kier alpha value is -3.34. The third kappa shape index (κ3) is 3.56. The molecule has 29 heavy (non-hydrogen) atoms. The maximum absolute atomic E-state index is 13.3. The van der Waals surface area contributed by atoms with Crippen molar-refractivity contribution in [1.82, 2.24) is 4.90 Å². The van der Waals surface area contributed by atoms with E-state index in [1.165, 1.54) is 24.3 Å². The van der Waals surface area contributed by atoms with E-state index < -0.39 is 0 Å². The van der Waals surface area contributed by atoms with Crippen LogP contribution in [0, 0.1) is 5.82 Å². The Bertz CT molecular complexity index is 1020. The first kappa shape index (κ1) is 19.0. The molecule has 1 atom stereocenters. The Kier molecular flexibility index (Phi) is 5.21. The van der Waals surface area contributed by atoms with Gasteiger partial charge in [-0.15, -0.1) is 0 Å². The third-order valence-corrected chi connectivity index (χ3v) is 5.34.